The molecule has 4 nitrogen and oxygen atoms in total. The number of rotatable bonds is 17. The first-order chi connectivity index (χ1) is 11.0. The Labute approximate surface area is 193 Å². The molecule has 0 radical (unpaired) electrons. The summed E-state index contributed by atoms with van der Waals surface area (Å²) in [5, 5.41) is 0. The molecule has 1 unspecified atom stereocenters. The molecule has 1 atom stereocenters. The molecule has 0 bridgehead atoms. The largest absolute Gasteiger partial charge is 1.00 e. The van der Waals surface area contributed by atoms with Crippen LogP contribution in [0.2, 0.25) is 0 Å². The fourth-order valence-electron chi connectivity index (χ4n) is 2.92. The van der Waals surface area contributed by atoms with Gasteiger partial charge in [-0.1, -0.05) is 90.9 Å². The van der Waals surface area contributed by atoms with Gasteiger partial charge in [0.15, 0.2) is 0 Å². The number of unbranched alkanes of at least 4 members (excludes halogenated alkanes) is 10. The molecule has 0 N–H and O–H groups in total. The van der Waals surface area contributed by atoms with Gasteiger partial charge in [-0.3, -0.25) is 4.18 Å². The third-order valence-corrected chi connectivity index (χ3v) is 4.80. The molecule has 0 spiro atoms. The molecule has 0 rings (SSSR count). The van der Waals surface area contributed by atoms with Crippen molar-refractivity contribution in [3.05, 3.63) is 0 Å². The first kappa shape index (κ1) is 27.7. The monoisotopic (exact) mass is 388 g/mol. The summed E-state index contributed by atoms with van der Waals surface area (Å²) in [6, 6.07) is 0. The van der Waals surface area contributed by atoms with Crippen LogP contribution in [0.3, 0.4) is 0 Å². The molecule has 0 aromatic heterocycles. The summed E-state index contributed by atoms with van der Waals surface area (Å²) in [5.41, 5.74) is 0. The van der Waals surface area contributed by atoms with Crippen molar-refractivity contribution in [1.29, 1.82) is 0 Å². The van der Waals surface area contributed by atoms with Crippen molar-refractivity contribution >= 4 is 10.4 Å². The zero-order valence-electron chi connectivity index (χ0n) is 16.2. The van der Waals surface area contributed by atoms with Gasteiger partial charge in [0, 0.05) is 0 Å². The van der Waals surface area contributed by atoms with E-state index in [0.717, 1.165) is 25.7 Å². The van der Waals surface area contributed by atoms with Crippen LogP contribution in [0.4, 0.5) is 0 Å². The van der Waals surface area contributed by atoms with Gasteiger partial charge in [-0.05, 0) is 18.8 Å². The van der Waals surface area contributed by atoms with E-state index in [1.165, 1.54) is 64.2 Å². The maximum atomic E-state index is 10.6. The van der Waals surface area contributed by atoms with Crippen LogP contribution in [0.5, 0.6) is 0 Å². The molecule has 140 valence electrons. The van der Waals surface area contributed by atoms with Gasteiger partial charge in [-0.15, -0.1) is 0 Å². The van der Waals surface area contributed by atoms with Gasteiger partial charge < -0.3 is 4.55 Å². The molecule has 0 saturated heterocycles. The van der Waals surface area contributed by atoms with Crippen molar-refractivity contribution in [3.8, 4) is 0 Å². The van der Waals surface area contributed by atoms with Gasteiger partial charge in [0.1, 0.15) is 0 Å². The summed E-state index contributed by atoms with van der Waals surface area (Å²) >= 11 is 0. The number of hydrogen-bond acceptors (Lipinski definition) is 4. The molecule has 0 aromatic rings. The Balaban J connectivity index is 0. The van der Waals surface area contributed by atoms with Crippen molar-refractivity contribution in [3.63, 3.8) is 0 Å². The summed E-state index contributed by atoms with van der Waals surface area (Å²) in [6.07, 6.45) is 16.7. The van der Waals surface area contributed by atoms with Crippen molar-refractivity contribution in [2.45, 2.75) is 104 Å². The van der Waals surface area contributed by atoms with Crippen molar-refractivity contribution in [1.82, 2.24) is 0 Å². The van der Waals surface area contributed by atoms with Crippen LogP contribution in [-0.2, 0) is 14.6 Å². The molecule has 0 fully saturated rings. The van der Waals surface area contributed by atoms with Crippen LogP contribution < -0.4 is 51.4 Å². The zero-order chi connectivity index (χ0) is 17.4. The topological polar surface area (TPSA) is 66.4 Å². The van der Waals surface area contributed by atoms with Gasteiger partial charge in [0.2, 0.25) is 10.4 Å². The van der Waals surface area contributed by atoms with Gasteiger partial charge >= 0.3 is 51.4 Å². The Morgan fingerprint density at radius 2 is 1.12 bits per heavy atom. The summed E-state index contributed by atoms with van der Waals surface area (Å²) in [4.78, 5) is 0. The van der Waals surface area contributed by atoms with Gasteiger partial charge in [0.05, 0.1) is 6.61 Å². The second-order valence-corrected chi connectivity index (χ2v) is 7.72. The third-order valence-electron chi connectivity index (χ3n) is 4.38. The Morgan fingerprint density at radius 1 is 0.750 bits per heavy atom. The molecule has 0 aliphatic carbocycles. The Kier molecular flexibility index (Phi) is 22.3. The quantitative estimate of drug-likeness (QED) is 0.166. The van der Waals surface area contributed by atoms with E-state index >= 15 is 0 Å². The molecule has 0 saturated carbocycles. The van der Waals surface area contributed by atoms with E-state index in [-0.39, 0.29) is 63.9 Å². The minimum absolute atomic E-state index is 0. The molecule has 6 heteroatoms. The second-order valence-electron chi connectivity index (χ2n) is 6.67. The first-order valence-electron chi connectivity index (χ1n) is 9.59. The summed E-state index contributed by atoms with van der Waals surface area (Å²) in [6.45, 7) is 4.47. The van der Waals surface area contributed by atoms with Crippen LogP contribution in [-0.4, -0.2) is 19.6 Å². The van der Waals surface area contributed by atoms with E-state index < -0.39 is 10.4 Å². The molecule has 0 heterocycles. The fraction of sp³-hybridized carbons (Fsp3) is 1.00. The summed E-state index contributed by atoms with van der Waals surface area (Å²) in [5.74, 6) is 0.205. The summed E-state index contributed by atoms with van der Waals surface area (Å²) in [7, 11) is -4.55. The van der Waals surface area contributed by atoms with Crippen molar-refractivity contribution in [2.24, 2.45) is 5.92 Å². The zero-order valence-corrected chi connectivity index (χ0v) is 20.2. The van der Waals surface area contributed by atoms with Gasteiger partial charge in [0.25, 0.3) is 0 Å². The molecular weight excluding hydrogens is 351 g/mol. The van der Waals surface area contributed by atoms with E-state index in [0.29, 0.717) is 0 Å². The van der Waals surface area contributed by atoms with Crippen molar-refractivity contribution in [2.75, 3.05) is 6.61 Å². The van der Waals surface area contributed by atoms with E-state index in [1.54, 1.807) is 0 Å². The SMILES string of the molecule is CCCCCCCCCC(CCCCCCC)COS(=O)(=O)[O-].[K+]. The average molecular weight is 389 g/mol. The molecule has 0 aromatic carbocycles. The van der Waals surface area contributed by atoms with Crippen LogP contribution in [0, 0.1) is 5.92 Å². The molecule has 0 aliphatic heterocycles. The summed E-state index contributed by atoms with van der Waals surface area (Å²) < 4.78 is 36.4. The standard InChI is InChI=1S/C18H38O4S.K/c1-3-5-7-9-10-12-14-16-18(17-22-23(19,20)21)15-13-11-8-6-4-2;/h18H,3-17H2,1-2H3,(H,19,20,21);/q;+1/p-1. The van der Waals surface area contributed by atoms with Gasteiger partial charge in [-0.25, -0.2) is 8.42 Å². The van der Waals surface area contributed by atoms with Gasteiger partial charge in [-0.2, -0.15) is 0 Å². The minimum atomic E-state index is -4.55. The van der Waals surface area contributed by atoms with Crippen LogP contribution in [0.1, 0.15) is 104 Å². The third kappa shape index (κ3) is 21.5. The van der Waals surface area contributed by atoms with Crippen LogP contribution in [0.15, 0.2) is 0 Å². The van der Waals surface area contributed by atoms with Crippen molar-refractivity contribution < 1.29 is 68.5 Å². The van der Waals surface area contributed by atoms with Crippen LogP contribution >= 0.6 is 0 Å². The second kappa shape index (κ2) is 19.3. The van der Waals surface area contributed by atoms with E-state index in [9.17, 15) is 13.0 Å². The Bertz CT molecular complexity index is 347. The molecule has 24 heavy (non-hydrogen) atoms. The maximum absolute atomic E-state index is 10.6. The Hall–Kier alpha value is 1.51. The van der Waals surface area contributed by atoms with E-state index in [1.807, 2.05) is 0 Å². The fourth-order valence-corrected chi connectivity index (χ4v) is 3.28. The predicted molar refractivity (Wildman–Crippen MR) is 95.1 cm³/mol. The molecule has 0 amide bonds. The average Bonchev–Trinajstić information content (AvgIpc) is 2.49. The van der Waals surface area contributed by atoms with E-state index in [2.05, 4.69) is 18.0 Å². The smallest absolute Gasteiger partial charge is 0.726 e. The predicted octanol–water partition coefficient (Wildman–Crippen LogP) is 2.58. The van der Waals surface area contributed by atoms with E-state index in [4.69, 9.17) is 0 Å². The minimum Gasteiger partial charge on any atom is -0.726 e. The normalized spacial score (nSPS) is 12.8. The maximum Gasteiger partial charge on any atom is 1.00 e. The molecular formula is C18H37KO4S. The Morgan fingerprint density at radius 3 is 1.50 bits per heavy atom. The number of hydrogen-bond donors (Lipinski definition) is 0. The first-order valence-corrected chi connectivity index (χ1v) is 10.9. The van der Waals surface area contributed by atoms with Crippen LogP contribution in [0.25, 0.3) is 0 Å². The molecule has 0 aliphatic rings.